The molecule has 1 atom stereocenters. The van der Waals surface area contributed by atoms with Gasteiger partial charge in [0, 0.05) is 0 Å². The maximum Gasteiger partial charge on any atom is 0.408 e. The van der Waals surface area contributed by atoms with E-state index in [-0.39, 0.29) is 18.8 Å². The standard InChI is InChI=1S/C16H21NO5/c1-3-7-13(14(18)10-15(19)21-2)17-16(20)22-11-12-8-5-4-6-9-12/h4-6,8-9,13H,3,7,10-11H2,1-2H3,(H,17,20)/t13-/m0/s1. The normalized spacial score (nSPS) is 11.4. The van der Waals surface area contributed by atoms with Crippen LogP contribution in [0.3, 0.4) is 0 Å². The first-order valence-electron chi connectivity index (χ1n) is 7.13. The minimum absolute atomic E-state index is 0.122. The molecule has 0 fully saturated rings. The summed E-state index contributed by atoms with van der Waals surface area (Å²) in [6, 6.07) is 8.48. The average Bonchev–Trinajstić information content (AvgIpc) is 2.53. The van der Waals surface area contributed by atoms with E-state index in [0.717, 1.165) is 5.56 Å². The van der Waals surface area contributed by atoms with Crippen molar-refractivity contribution in [2.45, 2.75) is 38.8 Å². The van der Waals surface area contributed by atoms with E-state index >= 15 is 0 Å². The molecule has 0 aliphatic carbocycles. The number of amides is 1. The highest BCUT2D eigenvalue weighted by molar-refractivity contribution is 5.99. The van der Waals surface area contributed by atoms with Crippen LogP contribution in [-0.4, -0.2) is 31.0 Å². The van der Waals surface area contributed by atoms with Crippen molar-refractivity contribution in [3.05, 3.63) is 35.9 Å². The van der Waals surface area contributed by atoms with Gasteiger partial charge < -0.3 is 14.8 Å². The summed E-state index contributed by atoms with van der Waals surface area (Å²) in [7, 11) is 1.21. The number of nitrogens with one attached hydrogen (secondary N) is 1. The van der Waals surface area contributed by atoms with Crippen molar-refractivity contribution in [2.24, 2.45) is 0 Å². The predicted molar refractivity (Wildman–Crippen MR) is 80.1 cm³/mol. The number of carbonyl (C=O) groups is 3. The molecule has 0 aliphatic heterocycles. The lowest BCUT2D eigenvalue weighted by Crippen LogP contribution is -2.41. The van der Waals surface area contributed by atoms with Gasteiger partial charge in [-0.05, 0) is 12.0 Å². The molecule has 6 nitrogen and oxygen atoms in total. The molecule has 1 amide bonds. The van der Waals surface area contributed by atoms with Gasteiger partial charge in [0.25, 0.3) is 0 Å². The fourth-order valence-electron chi connectivity index (χ4n) is 1.85. The Morgan fingerprint density at radius 2 is 1.86 bits per heavy atom. The quantitative estimate of drug-likeness (QED) is 0.588. The van der Waals surface area contributed by atoms with E-state index in [1.807, 2.05) is 37.3 Å². The van der Waals surface area contributed by atoms with Gasteiger partial charge in [-0.1, -0.05) is 43.7 Å². The Bertz CT molecular complexity index is 501. The number of methoxy groups -OCH3 is 1. The number of alkyl carbamates (subject to hydrolysis) is 1. The Labute approximate surface area is 129 Å². The first-order chi connectivity index (χ1) is 10.6. The second-order valence-electron chi connectivity index (χ2n) is 4.77. The third-order valence-electron chi connectivity index (χ3n) is 3.02. The predicted octanol–water partition coefficient (Wildman–Crippen LogP) is 2.21. The zero-order chi connectivity index (χ0) is 16.4. The average molecular weight is 307 g/mol. The molecule has 1 aromatic carbocycles. The molecule has 0 bridgehead atoms. The summed E-state index contributed by atoms with van der Waals surface area (Å²) in [5.41, 5.74) is 0.852. The fraction of sp³-hybridized carbons (Fsp3) is 0.438. The lowest BCUT2D eigenvalue weighted by molar-refractivity contribution is -0.143. The summed E-state index contributed by atoms with van der Waals surface area (Å²) in [5.74, 6) is -1.00. The molecule has 0 spiro atoms. The Morgan fingerprint density at radius 3 is 2.45 bits per heavy atom. The summed E-state index contributed by atoms with van der Waals surface area (Å²) in [6.45, 7) is 2.01. The van der Waals surface area contributed by atoms with E-state index < -0.39 is 18.1 Å². The number of benzene rings is 1. The van der Waals surface area contributed by atoms with Gasteiger partial charge in [0.1, 0.15) is 13.0 Å². The molecule has 22 heavy (non-hydrogen) atoms. The third-order valence-corrected chi connectivity index (χ3v) is 3.02. The van der Waals surface area contributed by atoms with Crippen LogP contribution in [0.4, 0.5) is 4.79 Å². The molecule has 120 valence electrons. The summed E-state index contributed by atoms with van der Waals surface area (Å²) in [5, 5.41) is 2.50. The minimum Gasteiger partial charge on any atom is -0.469 e. The molecule has 6 heteroatoms. The van der Waals surface area contributed by atoms with Crippen LogP contribution in [-0.2, 0) is 25.7 Å². The molecule has 0 aromatic heterocycles. The van der Waals surface area contributed by atoms with E-state index in [0.29, 0.717) is 12.8 Å². The van der Waals surface area contributed by atoms with Gasteiger partial charge in [-0.25, -0.2) is 4.79 Å². The van der Waals surface area contributed by atoms with Crippen LogP contribution < -0.4 is 5.32 Å². The molecule has 1 N–H and O–H groups in total. The number of esters is 1. The van der Waals surface area contributed by atoms with Crippen LogP contribution in [0.5, 0.6) is 0 Å². The molecular formula is C16H21NO5. The van der Waals surface area contributed by atoms with E-state index in [2.05, 4.69) is 10.1 Å². The maximum atomic E-state index is 11.9. The van der Waals surface area contributed by atoms with E-state index in [4.69, 9.17) is 4.74 Å². The lowest BCUT2D eigenvalue weighted by Gasteiger charge is -2.16. The Hall–Kier alpha value is -2.37. The summed E-state index contributed by atoms with van der Waals surface area (Å²) in [6.07, 6.45) is 0.0907. The smallest absolute Gasteiger partial charge is 0.408 e. The van der Waals surface area contributed by atoms with Crippen molar-refractivity contribution in [1.29, 1.82) is 0 Å². The van der Waals surface area contributed by atoms with Gasteiger partial charge in [-0.15, -0.1) is 0 Å². The first-order valence-corrected chi connectivity index (χ1v) is 7.13. The second kappa shape index (κ2) is 9.55. The van der Waals surface area contributed by atoms with Gasteiger partial charge in [0.2, 0.25) is 0 Å². The van der Waals surface area contributed by atoms with Gasteiger partial charge in [-0.3, -0.25) is 9.59 Å². The number of Topliss-reactive ketones (excluding diaryl/α,β-unsaturated/α-hetero) is 1. The van der Waals surface area contributed by atoms with Crippen LogP contribution in [0.1, 0.15) is 31.7 Å². The maximum absolute atomic E-state index is 11.9. The van der Waals surface area contributed by atoms with Crippen LogP contribution in [0.2, 0.25) is 0 Å². The van der Waals surface area contributed by atoms with Crippen LogP contribution >= 0.6 is 0 Å². The van der Waals surface area contributed by atoms with Crippen LogP contribution in [0, 0.1) is 0 Å². The zero-order valence-corrected chi connectivity index (χ0v) is 12.8. The summed E-state index contributed by atoms with van der Waals surface area (Å²) in [4.78, 5) is 34.8. The molecule has 0 saturated carbocycles. The molecule has 0 unspecified atom stereocenters. The van der Waals surface area contributed by atoms with Crippen molar-refractivity contribution in [1.82, 2.24) is 5.32 Å². The Morgan fingerprint density at radius 1 is 1.18 bits per heavy atom. The molecule has 0 saturated heterocycles. The molecule has 1 rings (SSSR count). The Kier molecular flexibility index (Phi) is 7.67. The van der Waals surface area contributed by atoms with Crippen molar-refractivity contribution >= 4 is 17.8 Å². The third kappa shape index (κ3) is 6.39. The number of rotatable bonds is 8. The number of ketones is 1. The van der Waals surface area contributed by atoms with E-state index in [1.54, 1.807) is 0 Å². The van der Waals surface area contributed by atoms with Crippen molar-refractivity contribution < 1.29 is 23.9 Å². The Balaban J connectivity index is 2.49. The molecular weight excluding hydrogens is 286 g/mol. The lowest BCUT2D eigenvalue weighted by atomic mass is 10.1. The van der Waals surface area contributed by atoms with Crippen molar-refractivity contribution in [2.75, 3.05) is 7.11 Å². The van der Waals surface area contributed by atoms with Gasteiger partial charge in [-0.2, -0.15) is 0 Å². The van der Waals surface area contributed by atoms with Gasteiger partial charge >= 0.3 is 12.1 Å². The first kappa shape index (κ1) is 17.7. The van der Waals surface area contributed by atoms with Crippen molar-refractivity contribution in [3.63, 3.8) is 0 Å². The number of carbonyl (C=O) groups excluding carboxylic acids is 3. The zero-order valence-electron chi connectivity index (χ0n) is 12.8. The highest BCUT2D eigenvalue weighted by Gasteiger charge is 2.23. The van der Waals surface area contributed by atoms with Gasteiger partial charge in [0.15, 0.2) is 5.78 Å². The highest BCUT2D eigenvalue weighted by atomic mass is 16.5. The SMILES string of the molecule is CCC[C@H](NC(=O)OCc1ccccc1)C(=O)CC(=O)OC. The van der Waals surface area contributed by atoms with Crippen LogP contribution in [0.15, 0.2) is 30.3 Å². The molecule has 0 aliphatic rings. The molecule has 0 heterocycles. The largest absolute Gasteiger partial charge is 0.469 e. The van der Waals surface area contributed by atoms with Crippen LogP contribution in [0.25, 0.3) is 0 Å². The topological polar surface area (TPSA) is 81.7 Å². The van der Waals surface area contributed by atoms with Crippen molar-refractivity contribution in [3.8, 4) is 0 Å². The fourth-order valence-corrected chi connectivity index (χ4v) is 1.85. The summed E-state index contributed by atoms with van der Waals surface area (Å²) >= 11 is 0. The number of ether oxygens (including phenoxy) is 2. The number of hydrogen-bond donors (Lipinski definition) is 1. The second-order valence-corrected chi connectivity index (χ2v) is 4.77. The number of hydrogen-bond acceptors (Lipinski definition) is 5. The van der Waals surface area contributed by atoms with E-state index in [1.165, 1.54) is 7.11 Å². The summed E-state index contributed by atoms with van der Waals surface area (Å²) < 4.78 is 9.52. The molecule has 0 radical (unpaired) electrons. The highest BCUT2D eigenvalue weighted by Crippen LogP contribution is 2.05. The van der Waals surface area contributed by atoms with E-state index in [9.17, 15) is 14.4 Å². The monoisotopic (exact) mass is 307 g/mol. The molecule has 1 aromatic rings. The van der Waals surface area contributed by atoms with Gasteiger partial charge in [0.05, 0.1) is 13.2 Å². The minimum atomic E-state index is -0.743.